The Morgan fingerprint density at radius 1 is 1.53 bits per heavy atom. The molecule has 4 nitrogen and oxygen atoms in total. The van der Waals surface area contributed by atoms with Gasteiger partial charge in [-0.15, -0.1) is 0 Å². The fourth-order valence-corrected chi connectivity index (χ4v) is 1.50. The van der Waals surface area contributed by atoms with Crippen LogP contribution in [-0.4, -0.2) is 19.1 Å². The lowest BCUT2D eigenvalue weighted by molar-refractivity contribution is -0.123. The van der Waals surface area contributed by atoms with Crippen molar-refractivity contribution < 1.29 is 9.53 Å². The van der Waals surface area contributed by atoms with Gasteiger partial charge in [0.25, 0.3) is 0 Å². The van der Waals surface area contributed by atoms with Crippen LogP contribution in [-0.2, 0) is 4.79 Å². The molecule has 0 unspecified atom stereocenters. The highest BCUT2D eigenvalue weighted by molar-refractivity contribution is 5.81. The smallest absolute Gasteiger partial charge is 0.237 e. The third-order valence-corrected chi connectivity index (χ3v) is 2.73. The molecule has 0 radical (unpaired) electrons. The van der Waals surface area contributed by atoms with Gasteiger partial charge in [0.15, 0.2) is 0 Å². The predicted molar refractivity (Wildman–Crippen MR) is 67.8 cm³/mol. The van der Waals surface area contributed by atoms with E-state index in [0.717, 1.165) is 11.3 Å². The van der Waals surface area contributed by atoms with Crippen molar-refractivity contribution in [2.75, 3.05) is 7.11 Å². The van der Waals surface area contributed by atoms with E-state index >= 15 is 0 Å². The first-order chi connectivity index (χ1) is 8.08. The average Bonchev–Trinajstić information content (AvgIpc) is 2.37. The highest BCUT2D eigenvalue weighted by Gasteiger charge is 2.14. The number of carbonyl (C=O) groups excluding carboxylic acids is 1. The number of nitrogens with one attached hydrogen (secondary N) is 1. The third-order valence-electron chi connectivity index (χ3n) is 2.73. The van der Waals surface area contributed by atoms with Crippen LogP contribution in [0.2, 0.25) is 0 Å². The first-order valence-electron chi connectivity index (χ1n) is 5.78. The molecule has 0 aliphatic rings. The Labute approximate surface area is 102 Å². The van der Waals surface area contributed by atoms with Gasteiger partial charge in [-0.05, 0) is 31.0 Å². The highest BCUT2D eigenvalue weighted by atomic mass is 16.5. The minimum Gasteiger partial charge on any atom is -0.497 e. The number of nitrogens with two attached hydrogens (primary N) is 1. The van der Waals surface area contributed by atoms with Crippen molar-refractivity contribution in [2.24, 2.45) is 5.73 Å². The van der Waals surface area contributed by atoms with Crippen LogP contribution >= 0.6 is 0 Å². The van der Waals surface area contributed by atoms with Crippen molar-refractivity contribution in [2.45, 2.75) is 32.4 Å². The van der Waals surface area contributed by atoms with Gasteiger partial charge in [-0.1, -0.05) is 19.1 Å². The van der Waals surface area contributed by atoms with E-state index in [1.807, 2.05) is 38.1 Å². The lowest BCUT2D eigenvalue weighted by atomic mass is 10.1. The molecule has 0 aromatic heterocycles. The van der Waals surface area contributed by atoms with E-state index in [9.17, 15) is 4.79 Å². The summed E-state index contributed by atoms with van der Waals surface area (Å²) in [5.74, 6) is 0.659. The van der Waals surface area contributed by atoms with E-state index in [1.54, 1.807) is 7.11 Å². The largest absolute Gasteiger partial charge is 0.497 e. The molecule has 0 saturated carbocycles. The van der Waals surface area contributed by atoms with Crippen molar-refractivity contribution in [1.82, 2.24) is 5.32 Å². The Balaban J connectivity index is 2.69. The van der Waals surface area contributed by atoms with Crippen LogP contribution in [0.4, 0.5) is 0 Å². The van der Waals surface area contributed by atoms with Gasteiger partial charge in [0.05, 0.1) is 19.2 Å². The van der Waals surface area contributed by atoms with Crippen LogP contribution in [0.15, 0.2) is 24.3 Å². The van der Waals surface area contributed by atoms with Crippen molar-refractivity contribution in [3.63, 3.8) is 0 Å². The summed E-state index contributed by atoms with van der Waals surface area (Å²) < 4.78 is 5.14. The maximum atomic E-state index is 11.6. The second kappa shape index (κ2) is 6.25. The Bertz CT molecular complexity index is 379. The Kier molecular flexibility index (Phi) is 4.97. The molecule has 0 aliphatic carbocycles. The molecule has 0 heterocycles. The van der Waals surface area contributed by atoms with E-state index in [1.165, 1.54) is 0 Å². The third kappa shape index (κ3) is 3.75. The second-order valence-electron chi connectivity index (χ2n) is 4.02. The Morgan fingerprint density at radius 2 is 2.24 bits per heavy atom. The van der Waals surface area contributed by atoms with E-state index in [-0.39, 0.29) is 11.9 Å². The molecule has 0 saturated heterocycles. The zero-order valence-electron chi connectivity index (χ0n) is 10.6. The van der Waals surface area contributed by atoms with Crippen LogP contribution in [0.5, 0.6) is 5.75 Å². The number of amides is 1. The van der Waals surface area contributed by atoms with Crippen LogP contribution in [0, 0.1) is 0 Å². The van der Waals surface area contributed by atoms with Gasteiger partial charge >= 0.3 is 0 Å². The number of rotatable bonds is 5. The SMILES string of the molecule is CC[C@@H](N)C(=O)N[C@@H](C)c1cccc(OC)c1. The van der Waals surface area contributed by atoms with Crippen molar-refractivity contribution in [3.05, 3.63) is 29.8 Å². The van der Waals surface area contributed by atoms with E-state index in [0.29, 0.717) is 6.42 Å². The van der Waals surface area contributed by atoms with Gasteiger partial charge in [-0.25, -0.2) is 0 Å². The molecule has 1 rings (SSSR count). The summed E-state index contributed by atoms with van der Waals surface area (Å²) in [7, 11) is 1.62. The lowest BCUT2D eigenvalue weighted by Gasteiger charge is -2.17. The van der Waals surface area contributed by atoms with E-state index in [4.69, 9.17) is 10.5 Å². The summed E-state index contributed by atoms with van der Waals surface area (Å²) in [5, 5.41) is 2.88. The Morgan fingerprint density at radius 3 is 2.82 bits per heavy atom. The van der Waals surface area contributed by atoms with Gasteiger partial charge < -0.3 is 15.8 Å². The summed E-state index contributed by atoms with van der Waals surface area (Å²) in [6.45, 7) is 3.81. The van der Waals surface area contributed by atoms with E-state index < -0.39 is 6.04 Å². The fraction of sp³-hybridized carbons (Fsp3) is 0.462. The van der Waals surface area contributed by atoms with Gasteiger partial charge in [0.2, 0.25) is 5.91 Å². The molecule has 0 fully saturated rings. The quantitative estimate of drug-likeness (QED) is 0.816. The average molecular weight is 236 g/mol. The van der Waals surface area contributed by atoms with Crippen molar-refractivity contribution >= 4 is 5.91 Å². The molecule has 0 bridgehead atoms. The second-order valence-corrected chi connectivity index (χ2v) is 4.02. The van der Waals surface area contributed by atoms with Crippen molar-refractivity contribution in [1.29, 1.82) is 0 Å². The molecule has 1 amide bonds. The molecular weight excluding hydrogens is 216 g/mol. The Hall–Kier alpha value is -1.55. The summed E-state index contributed by atoms with van der Waals surface area (Å²) in [5.41, 5.74) is 6.66. The summed E-state index contributed by atoms with van der Waals surface area (Å²) in [4.78, 5) is 11.6. The molecule has 17 heavy (non-hydrogen) atoms. The van der Waals surface area contributed by atoms with E-state index in [2.05, 4.69) is 5.32 Å². The first kappa shape index (κ1) is 13.5. The lowest BCUT2D eigenvalue weighted by Crippen LogP contribution is -2.41. The molecule has 3 N–H and O–H groups in total. The maximum absolute atomic E-state index is 11.6. The van der Waals surface area contributed by atoms with Crippen molar-refractivity contribution in [3.8, 4) is 5.75 Å². The molecule has 94 valence electrons. The molecule has 1 aromatic rings. The predicted octanol–water partition coefficient (Wildman–Crippen LogP) is 1.61. The summed E-state index contributed by atoms with van der Waals surface area (Å²) in [6, 6.07) is 7.11. The molecule has 2 atom stereocenters. The number of carbonyl (C=O) groups is 1. The molecule has 0 aliphatic heterocycles. The first-order valence-corrected chi connectivity index (χ1v) is 5.78. The monoisotopic (exact) mass is 236 g/mol. The molecular formula is C13H20N2O2. The van der Waals surface area contributed by atoms with Gasteiger partial charge in [-0.2, -0.15) is 0 Å². The maximum Gasteiger partial charge on any atom is 0.237 e. The normalized spacial score (nSPS) is 13.9. The minimum atomic E-state index is -0.442. The van der Waals surface area contributed by atoms with Crippen LogP contribution < -0.4 is 15.8 Å². The molecule has 4 heteroatoms. The van der Waals surface area contributed by atoms with Crippen LogP contribution in [0.1, 0.15) is 31.9 Å². The van der Waals surface area contributed by atoms with Gasteiger partial charge in [0.1, 0.15) is 5.75 Å². The number of benzene rings is 1. The topological polar surface area (TPSA) is 64.4 Å². The summed E-state index contributed by atoms with van der Waals surface area (Å²) in [6.07, 6.45) is 0.636. The zero-order chi connectivity index (χ0) is 12.8. The number of methoxy groups -OCH3 is 1. The summed E-state index contributed by atoms with van der Waals surface area (Å²) >= 11 is 0. The van der Waals surface area contributed by atoms with Crippen LogP contribution in [0.3, 0.4) is 0 Å². The minimum absolute atomic E-state index is 0.0739. The van der Waals surface area contributed by atoms with Gasteiger partial charge in [0, 0.05) is 0 Å². The van der Waals surface area contributed by atoms with Crippen LogP contribution in [0.25, 0.3) is 0 Å². The number of ether oxygens (including phenoxy) is 1. The highest BCUT2D eigenvalue weighted by Crippen LogP contribution is 2.18. The fourth-order valence-electron chi connectivity index (χ4n) is 1.50. The molecule has 1 aromatic carbocycles. The standard InChI is InChI=1S/C13H20N2O2/c1-4-12(14)13(16)15-9(2)10-6-5-7-11(8-10)17-3/h5-9,12H,4,14H2,1-3H3,(H,15,16)/t9-,12+/m0/s1. The molecule has 0 spiro atoms. The number of hydrogen-bond acceptors (Lipinski definition) is 3. The zero-order valence-corrected chi connectivity index (χ0v) is 10.6. The van der Waals surface area contributed by atoms with Gasteiger partial charge in [-0.3, -0.25) is 4.79 Å². The number of hydrogen-bond donors (Lipinski definition) is 2.